The number of amides is 1. The molecule has 7 nitrogen and oxygen atoms in total. The molecule has 1 aromatic heterocycles. The van der Waals surface area contributed by atoms with E-state index in [9.17, 15) is 4.79 Å². The fourth-order valence-corrected chi connectivity index (χ4v) is 3.01. The Morgan fingerprint density at radius 3 is 2.83 bits per heavy atom. The second-order valence-electron chi connectivity index (χ2n) is 6.13. The lowest BCUT2D eigenvalue weighted by molar-refractivity contribution is -0.122. The number of nitrogens with zero attached hydrogens (tertiary/aromatic N) is 4. The van der Waals surface area contributed by atoms with E-state index in [-0.39, 0.29) is 18.5 Å². The molecule has 0 atom stereocenters. The largest absolute Gasteiger partial charge is 0.497 e. The highest BCUT2D eigenvalue weighted by Gasteiger charge is 2.16. The molecule has 3 rings (SSSR count). The lowest BCUT2D eigenvalue weighted by Crippen LogP contribution is -2.37. The van der Waals surface area contributed by atoms with Gasteiger partial charge in [-0.3, -0.25) is 4.79 Å². The molecular weight excluding hydrogens is 306 g/mol. The number of nitrogens with one attached hydrogen (secondary N) is 1. The van der Waals surface area contributed by atoms with Crippen molar-refractivity contribution in [2.75, 3.05) is 7.11 Å². The zero-order valence-corrected chi connectivity index (χ0v) is 13.9. The number of benzene rings is 1. The van der Waals surface area contributed by atoms with Crippen molar-refractivity contribution in [1.82, 2.24) is 25.5 Å². The molecule has 1 aliphatic carbocycles. The fourth-order valence-electron chi connectivity index (χ4n) is 3.01. The van der Waals surface area contributed by atoms with Gasteiger partial charge in [-0.25, -0.2) is 0 Å². The average Bonchev–Trinajstić information content (AvgIpc) is 2.91. The molecule has 1 amide bonds. The van der Waals surface area contributed by atoms with Gasteiger partial charge in [0.2, 0.25) is 11.7 Å². The molecule has 0 aliphatic heterocycles. The number of carbonyl (C=O) groups excluding carboxylic acids is 1. The smallest absolute Gasteiger partial charge is 0.243 e. The summed E-state index contributed by atoms with van der Waals surface area (Å²) in [6.45, 7) is 0.0907. The highest BCUT2D eigenvalue weighted by Crippen LogP contribution is 2.20. The number of hydrogen-bond acceptors (Lipinski definition) is 5. The molecule has 24 heavy (non-hydrogen) atoms. The van der Waals surface area contributed by atoms with Crippen LogP contribution in [-0.4, -0.2) is 39.3 Å². The van der Waals surface area contributed by atoms with Gasteiger partial charge in [-0.05, 0) is 30.2 Å². The Balaban J connectivity index is 1.59. The van der Waals surface area contributed by atoms with Gasteiger partial charge in [0.1, 0.15) is 12.3 Å². The molecule has 0 radical (unpaired) electrons. The fraction of sp³-hybridized carbons (Fsp3) is 0.529. The molecule has 7 heteroatoms. The Kier molecular flexibility index (Phi) is 5.40. The van der Waals surface area contributed by atoms with Crippen LogP contribution < -0.4 is 10.1 Å². The Morgan fingerprint density at radius 1 is 1.29 bits per heavy atom. The SMILES string of the molecule is COc1cccc(-c2nnn(CC(=O)NC3CCCCCC3)n2)c1. The standard InChI is InChI=1S/C17H23N5O2/c1-24-15-10-6-7-13(11-15)17-19-21-22(20-17)12-16(23)18-14-8-4-2-3-5-9-14/h6-7,10-11,14H,2-5,8-9,12H2,1H3,(H,18,23). The van der Waals surface area contributed by atoms with Gasteiger partial charge in [0.15, 0.2) is 0 Å². The normalized spacial score (nSPS) is 15.7. The van der Waals surface area contributed by atoms with Crippen LogP contribution in [0.25, 0.3) is 11.4 Å². The summed E-state index contributed by atoms with van der Waals surface area (Å²) in [7, 11) is 1.61. The number of rotatable bonds is 5. The van der Waals surface area contributed by atoms with Crippen LogP contribution in [0.4, 0.5) is 0 Å². The van der Waals surface area contributed by atoms with Crippen molar-refractivity contribution in [3.8, 4) is 17.1 Å². The van der Waals surface area contributed by atoms with Crippen LogP contribution in [0.3, 0.4) is 0 Å². The third kappa shape index (κ3) is 4.31. The minimum absolute atomic E-state index is 0.0588. The van der Waals surface area contributed by atoms with Gasteiger partial charge in [-0.15, -0.1) is 10.2 Å². The number of tetrazole rings is 1. The molecule has 1 aromatic carbocycles. The van der Waals surface area contributed by atoms with Gasteiger partial charge in [0, 0.05) is 11.6 Å². The van der Waals surface area contributed by atoms with Crippen molar-refractivity contribution >= 4 is 5.91 Å². The van der Waals surface area contributed by atoms with Gasteiger partial charge >= 0.3 is 0 Å². The maximum Gasteiger partial charge on any atom is 0.243 e. The topological polar surface area (TPSA) is 81.9 Å². The van der Waals surface area contributed by atoms with Crippen molar-refractivity contribution in [3.63, 3.8) is 0 Å². The first-order valence-corrected chi connectivity index (χ1v) is 8.46. The van der Waals surface area contributed by atoms with Gasteiger partial charge in [0.25, 0.3) is 0 Å². The van der Waals surface area contributed by atoms with Crippen molar-refractivity contribution < 1.29 is 9.53 Å². The Labute approximate surface area is 141 Å². The molecule has 0 saturated heterocycles. The van der Waals surface area contributed by atoms with E-state index < -0.39 is 0 Å². The second kappa shape index (κ2) is 7.90. The van der Waals surface area contributed by atoms with Crippen LogP contribution in [0.15, 0.2) is 24.3 Å². The van der Waals surface area contributed by atoms with E-state index in [0.29, 0.717) is 5.82 Å². The third-order valence-corrected chi connectivity index (χ3v) is 4.29. The van der Waals surface area contributed by atoms with Crippen LogP contribution >= 0.6 is 0 Å². The van der Waals surface area contributed by atoms with Crippen LogP contribution in [-0.2, 0) is 11.3 Å². The zero-order chi connectivity index (χ0) is 16.8. The summed E-state index contributed by atoms with van der Waals surface area (Å²) in [6, 6.07) is 7.73. The maximum atomic E-state index is 12.2. The molecule has 1 fully saturated rings. The molecule has 0 unspecified atom stereocenters. The summed E-state index contributed by atoms with van der Waals surface area (Å²) in [6.07, 6.45) is 7.03. The van der Waals surface area contributed by atoms with Crippen molar-refractivity contribution in [2.45, 2.75) is 51.1 Å². The van der Waals surface area contributed by atoms with Gasteiger partial charge < -0.3 is 10.1 Å². The predicted molar refractivity (Wildman–Crippen MR) is 89.4 cm³/mol. The number of aromatic nitrogens is 4. The van der Waals surface area contributed by atoms with Gasteiger partial charge in [-0.2, -0.15) is 4.80 Å². The van der Waals surface area contributed by atoms with Gasteiger partial charge in [0.05, 0.1) is 7.11 Å². The van der Waals surface area contributed by atoms with Crippen LogP contribution in [0.5, 0.6) is 5.75 Å². The van der Waals surface area contributed by atoms with E-state index in [1.807, 2.05) is 24.3 Å². The van der Waals surface area contributed by atoms with E-state index >= 15 is 0 Å². The summed E-state index contributed by atoms with van der Waals surface area (Å²) in [4.78, 5) is 13.5. The Hall–Kier alpha value is -2.44. The van der Waals surface area contributed by atoms with Crippen LogP contribution in [0, 0.1) is 0 Å². The lowest BCUT2D eigenvalue weighted by Gasteiger charge is -2.15. The number of carbonyl (C=O) groups is 1. The molecule has 1 aliphatic rings. The molecule has 0 spiro atoms. The molecule has 1 heterocycles. The minimum Gasteiger partial charge on any atom is -0.497 e. The molecule has 2 aromatic rings. The van der Waals surface area contributed by atoms with E-state index in [1.165, 1.54) is 30.5 Å². The summed E-state index contributed by atoms with van der Waals surface area (Å²) >= 11 is 0. The van der Waals surface area contributed by atoms with E-state index in [1.54, 1.807) is 7.11 Å². The molecule has 1 N–H and O–H groups in total. The van der Waals surface area contributed by atoms with Crippen molar-refractivity contribution in [3.05, 3.63) is 24.3 Å². The first kappa shape index (κ1) is 16.4. The lowest BCUT2D eigenvalue weighted by atomic mass is 10.1. The quantitative estimate of drug-likeness (QED) is 0.850. The van der Waals surface area contributed by atoms with Crippen molar-refractivity contribution in [1.29, 1.82) is 0 Å². The third-order valence-electron chi connectivity index (χ3n) is 4.29. The summed E-state index contributed by atoms with van der Waals surface area (Å²) < 4.78 is 5.20. The number of hydrogen-bond donors (Lipinski definition) is 1. The number of methoxy groups -OCH3 is 1. The van der Waals surface area contributed by atoms with Crippen molar-refractivity contribution in [2.24, 2.45) is 0 Å². The van der Waals surface area contributed by atoms with Crippen LogP contribution in [0.2, 0.25) is 0 Å². The molecular formula is C17H23N5O2. The average molecular weight is 329 g/mol. The molecule has 128 valence electrons. The predicted octanol–water partition coefficient (Wildman–Crippen LogP) is 2.19. The highest BCUT2D eigenvalue weighted by molar-refractivity contribution is 5.75. The summed E-state index contributed by atoms with van der Waals surface area (Å²) in [5.74, 6) is 1.16. The first-order chi connectivity index (χ1) is 11.7. The van der Waals surface area contributed by atoms with Gasteiger partial charge in [-0.1, -0.05) is 37.8 Å². The summed E-state index contributed by atoms with van der Waals surface area (Å²) in [5.41, 5.74) is 0.810. The molecule has 1 saturated carbocycles. The van der Waals surface area contributed by atoms with E-state index in [0.717, 1.165) is 24.2 Å². The van der Waals surface area contributed by atoms with Crippen LogP contribution in [0.1, 0.15) is 38.5 Å². The minimum atomic E-state index is -0.0588. The molecule has 0 bridgehead atoms. The van der Waals surface area contributed by atoms with E-state index in [2.05, 4.69) is 20.7 Å². The summed E-state index contributed by atoms with van der Waals surface area (Å²) in [5, 5.41) is 15.4. The maximum absolute atomic E-state index is 12.2. The monoisotopic (exact) mass is 329 g/mol. The Bertz CT molecular complexity index is 677. The Morgan fingerprint density at radius 2 is 2.08 bits per heavy atom. The van der Waals surface area contributed by atoms with E-state index in [4.69, 9.17) is 4.74 Å². The zero-order valence-electron chi connectivity index (χ0n) is 13.9. The highest BCUT2D eigenvalue weighted by atomic mass is 16.5. The second-order valence-corrected chi connectivity index (χ2v) is 6.13. The number of ether oxygens (including phenoxy) is 1. The first-order valence-electron chi connectivity index (χ1n) is 8.46.